The van der Waals surface area contributed by atoms with Crippen LogP contribution in [0.3, 0.4) is 0 Å². The first-order chi connectivity index (χ1) is 12.0. The molecule has 2 heterocycles. The number of aromatic nitrogens is 1. The predicted molar refractivity (Wildman–Crippen MR) is 93.7 cm³/mol. The van der Waals surface area contributed by atoms with Crippen LogP contribution in [0.5, 0.6) is 5.75 Å². The van der Waals surface area contributed by atoms with Gasteiger partial charge in [-0.1, -0.05) is 20.8 Å². The van der Waals surface area contributed by atoms with Crippen molar-refractivity contribution in [3.63, 3.8) is 0 Å². The zero-order chi connectivity index (χ0) is 19.1. The number of rotatable bonds is 3. The van der Waals surface area contributed by atoms with Crippen LogP contribution in [0.2, 0.25) is 0 Å². The number of hydrogen-bond donors (Lipinski definition) is 2. The maximum Gasteiger partial charge on any atom is 0.416 e. The van der Waals surface area contributed by atoms with E-state index in [0.29, 0.717) is 0 Å². The number of carbonyl (C=O) groups excluding carboxylic acids is 1. The van der Waals surface area contributed by atoms with Gasteiger partial charge in [0.25, 0.3) is 5.91 Å². The lowest BCUT2D eigenvalue weighted by molar-refractivity contribution is -0.137. The fourth-order valence-electron chi connectivity index (χ4n) is 2.41. The molecule has 0 spiro atoms. The number of halogens is 3. The Labute approximate surface area is 152 Å². The second-order valence-corrected chi connectivity index (χ2v) is 7.84. The molecule has 0 saturated carbocycles. The Hall–Kier alpha value is -2.29. The van der Waals surface area contributed by atoms with Gasteiger partial charge in [-0.2, -0.15) is 13.2 Å². The van der Waals surface area contributed by atoms with Gasteiger partial charge in [-0.25, -0.2) is 4.98 Å². The topological polar surface area (TPSA) is 63.3 Å². The van der Waals surface area contributed by atoms with Crippen molar-refractivity contribution in [3.8, 4) is 5.75 Å². The van der Waals surface area contributed by atoms with Gasteiger partial charge in [-0.05, 0) is 12.1 Å². The summed E-state index contributed by atoms with van der Waals surface area (Å²) < 4.78 is 44.7. The number of fused-ring (bicyclic) bond motifs is 1. The fraction of sp³-hybridized carbons (Fsp3) is 0.412. The van der Waals surface area contributed by atoms with Crippen LogP contribution in [-0.2, 0) is 22.9 Å². The molecule has 0 unspecified atom stereocenters. The molecule has 1 amide bonds. The smallest absolute Gasteiger partial charge is 0.416 e. The summed E-state index contributed by atoms with van der Waals surface area (Å²) in [7, 11) is 0. The lowest BCUT2D eigenvalue weighted by atomic mass is 9.98. The first-order valence-electron chi connectivity index (χ1n) is 7.90. The van der Waals surface area contributed by atoms with E-state index in [0.717, 1.165) is 22.8 Å². The summed E-state index contributed by atoms with van der Waals surface area (Å²) in [6.45, 7) is 6.14. The molecule has 0 radical (unpaired) electrons. The number of benzene rings is 1. The van der Waals surface area contributed by atoms with E-state index in [9.17, 15) is 18.0 Å². The zero-order valence-corrected chi connectivity index (χ0v) is 15.3. The molecule has 3 rings (SSSR count). The van der Waals surface area contributed by atoms with Crippen molar-refractivity contribution in [3.05, 3.63) is 33.8 Å². The monoisotopic (exact) mass is 385 g/mol. The summed E-state index contributed by atoms with van der Waals surface area (Å²) >= 11 is 1.51. The van der Waals surface area contributed by atoms with Crippen LogP contribution in [0, 0.1) is 0 Å². The number of nitrogens with zero attached hydrogens (tertiary/aromatic N) is 1. The standard InChI is InChI=1S/C17H18F3N3O2S/c1-16(2,3)15-22-10(8-26-15)6-21-11-4-9(17(18,19)20)5-12-14(11)25-7-13(24)23-12/h4-5,8,21H,6-7H2,1-3H3,(H,23,24). The molecule has 140 valence electrons. The minimum Gasteiger partial charge on any atom is -0.479 e. The largest absolute Gasteiger partial charge is 0.479 e. The van der Waals surface area contributed by atoms with E-state index < -0.39 is 17.6 Å². The average Bonchev–Trinajstić information content (AvgIpc) is 3.00. The molecular formula is C17H18F3N3O2S. The van der Waals surface area contributed by atoms with E-state index in [1.807, 2.05) is 26.2 Å². The number of alkyl halides is 3. The minimum atomic E-state index is -4.53. The number of amides is 1. The van der Waals surface area contributed by atoms with E-state index in [1.54, 1.807) is 0 Å². The zero-order valence-electron chi connectivity index (χ0n) is 14.5. The third-order valence-corrected chi connectivity index (χ3v) is 5.01. The summed E-state index contributed by atoms with van der Waals surface area (Å²) in [6.07, 6.45) is -4.53. The Bertz CT molecular complexity index is 841. The van der Waals surface area contributed by atoms with Gasteiger partial charge in [0, 0.05) is 10.8 Å². The summed E-state index contributed by atoms with van der Waals surface area (Å²) in [5, 5.41) is 8.19. The van der Waals surface area contributed by atoms with Gasteiger partial charge in [-0.15, -0.1) is 11.3 Å². The van der Waals surface area contributed by atoms with Crippen LogP contribution in [0.15, 0.2) is 17.5 Å². The van der Waals surface area contributed by atoms with E-state index in [4.69, 9.17) is 4.74 Å². The molecule has 1 aliphatic heterocycles. The number of anilines is 2. The van der Waals surface area contributed by atoms with Crippen LogP contribution in [0.25, 0.3) is 0 Å². The lowest BCUT2D eigenvalue weighted by Crippen LogP contribution is -2.26. The molecule has 5 nitrogen and oxygen atoms in total. The van der Waals surface area contributed by atoms with Crippen LogP contribution in [0.1, 0.15) is 37.0 Å². The molecule has 1 aromatic heterocycles. The van der Waals surface area contributed by atoms with Gasteiger partial charge in [0.05, 0.1) is 34.2 Å². The molecule has 1 aromatic carbocycles. The van der Waals surface area contributed by atoms with Crippen molar-refractivity contribution in [2.45, 2.75) is 38.9 Å². The molecule has 0 atom stereocenters. The molecule has 2 aromatic rings. The van der Waals surface area contributed by atoms with Crippen molar-refractivity contribution in [1.82, 2.24) is 4.98 Å². The highest BCUT2D eigenvalue weighted by atomic mass is 32.1. The van der Waals surface area contributed by atoms with Gasteiger partial charge in [0.2, 0.25) is 0 Å². The summed E-state index contributed by atoms with van der Waals surface area (Å²) in [6, 6.07) is 1.85. The minimum absolute atomic E-state index is 0.00670. The fourth-order valence-corrected chi connectivity index (χ4v) is 3.32. The van der Waals surface area contributed by atoms with E-state index in [1.165, 1.54) is 11.3 Å². The Morgan fingerprint density at radius 2 is 2.04 bits per heavy atom. The third kappa shape index (κ3) is 3.92. The van der Waals surface area contributed by atoms with Crippen molar-refractivity contribution < 1.29 is 22.7 Å². The van der Waals surface area contributed by atoms with E-state index in [-0.39, 0.29) is 35.7 Å². The van der Waals surface area contributed by atoms with Crippen molar-refractivity contribution >= 4 is 28.6 Å². The normalized spacial score (nSPS) is 14.5. The quantitative estimate of drug-likeness (QED) is 0.822. The molecule has 0 fully saturated rings. The number of ether oxygens (including phenoxy) is 1. The summed E-state index contributed by atoms with van der Waals surface area (Å²) in [4.78, 5) is 15.9. The molecule has 2 N–H and O–H groups in total. The first kappa shape index (κ1) is 18.5. The summed E-state index contributed by atoms with van der Waals surface area (Å²) in [5.41, 5.74) is -0.0532. The van der Waals surface area contributed by atoms with Gasteiger partial charge < -0.3 is 15.4 Å². The van der Waals surface area contributed by atoms with Crippen LogP contribution >= 0.6 is 11.3 Å². The second kappa shape index (κ2) is 6.46. The lowest BCUT2D eigenvalue weighted by Gasteiger charge is -2.23. The molecule has 26 heavy (non-hydrogen) atoms. The molecular weight excluding hydrogens is 367 g/mol. The van der Waals surface area contributed by atoms with E-state index >= 15 is 0 Å². The maximum atomic E-state index is 13.1. The molecule has 0 bridgehead atoms. The van der Waals surface area contributed by atoms with Gasteiger partial charge in [-0.3, -0.25) is 4.79 Å². The highest BCUT2D eigenvalue weighted by Gasteiger charge is 2.34. The van der Waals surface area contributed by atoms with Crippen molar-refractivity contribution in [2.24, 2.45) is 0 Å². The average molecular weight is 385 g/mol. The number of thiazole rings is 1. The molecule has 0 aliphatic carbocycles. The highest BCUT2D eigenvalue weighted by Crippen LogP contribution is 2.42. The Balaban J connectivity index is 1.88. The Kier molecular flexibility index (Phi) is 4.60. The molecule has 9 heteroatoms. The maximum absolute atomic E-state index is 13.1. The number of carbonyl (C=O) groups is 1. The Morgan fingerprint density at radius 3 is 2.65 bits per heavy atom. The first-order valence-corrected chi connectivity index (χ1v) is 8.78. The number of nitrogens with one attached hydrogen (secondary N) is 2. The highest BCUT2D eigenvalue weighted by molar-refractivity contribution is 7.09. The molecule has 1 aliphatic rings. The van der Waals surface area contributed by atoms with Crippen molar-refractivity contribution in [2.75, 3.05) is 17.2 Å². The third-order valence-electron chi connectivity index (χ3n) is 3.69. The van der Waals surface area contributed by atoms with Gasteiger partial charge >= 0.3 is 6.18 Å². The molecule has 0 saturated heterocycles. The number of hydrogen-bond acceptors (Lipinski definition) is 5. The van der Waals surface area contributed by atoms with Gasteiger partial charge in [0.1, 0.15) is 0 Å². The van der Waals surface area contributed by atoms with E-state index in [2.05, 4.69) is 15.6 Å². The van der Waals surface area contributed by atoms with Gasteiger partial charge in [0.15, 0.2) is 12.4 Å². The van der Waals surface area contributed by atoms with Crippen LogP contribution in [0.4, 0.5) is 24.5 Å². The Morgan fingerprint density at radius 1 is 1.31 bits per heavy atom. The predicted octanol–water partition coefficient (Wildman–Crippen LogP) is 4.40. The van der Waals surface area contributed by atoms with Crippen molar-refractivity contribution in [1.29, 1.82) is 0 Å². The second-order valence-electron chi connectivity index (χ2n) is 6.98. The summed E-state index contributed by atoms with van der Waals surface area (Å²) in [5.74, 6) is -0.291. The van der Waals surface area contributed by atoms with Crippen LogP contribution in [-0.4, -0.2) is 17.5 Å². The SMILES string of the molecule is CC(C)(C)c1nc(CNc2cc(C(F)(F)F)cc3c2OCC(=O)N3)cs1. The van der Waals surface area contributed by atoms with Crippen LogP contribution < -0.4 is 15.4 Å².